The molecule has 0 fully saturated rings. The highest BCUT2D eigenvalue weighted by Crippen LogP contribution is 2.14. The smallest absolute Gasteiger partial charge is 0.224 e. The Bertz CT molecular complexity index is 848. The van der Waals surface area contributed by atoms with Crippen molar-refractivity contribution in [1.29, 1.82) is 0 Å². The lowest BCUT2D eigenvalue weighted by Crippen LogP contribution is -2.27. The molecular formula is C18H23N5O2. The highest BCUT2D eigenvalue weighted by Gasteiger charge is 2.14. The topological polar surface area (TPSA) is 95.8 Å². The number of aryl methyl sites for hydroxylation is 1. The average molecular weight is 341 g/mol. The zero-order valence-electron chi connectivity index (χ0n) is 14.5. The quantitative estimate of drug-likeness (QED) is 0.603. The molecule has 7 heteroatoms. The van der Waals surface area contributed by atoms with E-state index in [1.165, 1.54) is 0 Å². The molecule has 132 valence electrons. The highest BCUT2D eigenvalue weighted by molar-refractivity contribution is 5.79. The molecule has 0 radical (unpaired) electrons. The van der Waals surface area contributed by atoms with Gasteiger partial charge in [-0.25, -0.2) is 4.98 Å². The number of fused-ring (bicyclic) bond motifs is 1. The number of aromatic amines is 1. The molecule has 2 aromatic heterocycles. The fourth-order valence-corrected chi connectivity index (χ4v) is 2.97. The fourth-order valence-electron chi connectivity index (χ4n) is 2.97. The lowest BCUT2D eigenvalue weighted by molar-refractivity contribution is -0.120. The van der Waals surface area contributed by atoms with Crippen LogP contribution in [0.15, 0.2) is 24.3 Å². The number of aliphatic hydroxyl groups excluding tert-OH is 1. The Kier molecular flexibility index (Phi) is 5.14. The molecule has 0 aliphatic heterocycles. The number of nitrogens with one attached hydrogen (secondary N) is 2. The number of rotatable bonds is 7. The normalized spacial score (nSPS) is 11.2. The summed E-state index contributed by atoms with van der Waals surface area (Å²) in [5, 5.41) is 16.4. The van der Waals surface area contributed by atoms with Crippen LogP contribution in [-0.2, 0) is 24.2 Å². The Morgan fingerprint density at radius 2 is 2.12 bits per heavy atom. The zero-order valence-corrected chi connectivity index (χ0v) is 14.5. The lowest BCUT2D eigenvalue weighted by Gasteiger charge is -2.05. The SMILES string of the molecule is Cc1nn(CCO)c(C)c1CC(=O)NCCc1nc2ccccc2[nH]1. The number of carbonyl (C=O) groups excluding carboxylic acids is 1. The molecule has 0 aliphatic rings. The molecule has 0 atom stereocenters. The van der Waals surface area contributed by atoms with Crippen LogP contribution in [-0.4, -0.2) is 43.9 Å². The van der Waals surface area contributed by atoms with E-state index < -0.39 is 0 Å². The predicted octanol–water partition coefficient (Wildman–Crippen LogP) is 1.27. The lowest BCUT2D eigenvalue weighted by atomic mass is 10.1. The molecule has 25 heavy (non-hydrogen) atoms. The van der Waals surface area contributed by atoms with E-state index in [-0.39, 0.29) is 12.5 Å². The third-order valence-electron chi connectivity index (χ3n) is 4.30. The van der Waals surface area contributed by atoms with Crippen molar-refractivity contribution in [2.24, 2.45) is 0 Å². The Balaban J connectivity index is 1.54. The van der Waals surface area contributed by atoms with Gasteiger partial charge in [-0.3, -0.25) is 9.48 Å². The molecule has 1 amide bonds. The van der Waals surface area contributed by atoms with Gasteiger partial charge in [-0.1, -0.05) is 12.1 Å². The molecule has 0 saturated carbocycles. The maximum Gasteiger partial charge on any atom is 0.224 e. The van der Waals surface area contributed by atoms with Crippen molar-refractivity contribution >= 4 is 16.9 Å². The standard InChI is InChI=1S/C18H23N5O2/c1-12-14(13(2)23(22-12)9-10-24)11-18(25)19-8-7-17-20-15-5-3-4-6-16(15)21-17/h3-6,24H,7-11H2,1-2H3,(H,19,25)(H,20,21). The van der Waals surface area contributed by atoms with Crippen molar-refractivity contribution in [1.82, 2.24) is 25.1 Å². The number of hydrogen-bond acceptors (Lipinski definition) is 4. The van der Waals surface area contributed by atoms with Gasteiger partial charge in [0.2, 0.25) is 5.91 Å². The summed E-state index contributed by atoms with van der Waals surface area (Å²) in [7, 11) is 0. The first-order chi connectivity index (χ1) is 12.1. The number of H-pyrrole nitrogens is 1. The van der Waals surface area contributed by atoms with Gasteiger partial charge in [-0.2, -0.15) is 5.10 Å². The predicted molar refractivity (Wildman–Crippen MR) is 95.3 cm³/mol. The third-order valence-corrected chi connectivity index (χ3v) is 4.30. The van der Waals surface area contributed by atoms with Crippen LogP contribution in [0.5, 0.6) is 0 Å². The van der Waals surface area contributed by atoms with Crippen molar-refractivity contribution in [3.63, 3.8) is 0 Å². The Labute approximate surface area is 146 Å². The number of carbonyl (C=O) groups is 1. The largest absolute Gasteiger partial charge is 0.394 e. The van der Waals surface area contributed by atoms with Crippen LogP contribution < -0.4 is 5.32 Å². The maximum atomic E-state index is 12.2. The molecule has 7 nitrogen and oxygen atoms in total. The van der Waals surface area contributed by atoms with Gasteiger partial charge in [0.25, 0.3) is 0 Å². The van der Waals surface area contributed by atoms with E-state index >= 15 is 0 Å². The van der Waals surface area contributed by atoms with Crippen LogP contribution in [0.3, 0.4) is 0 Å². The van der Waals surface area contributed by atoms with E-state index in [0.29, 0.717) is 25.9 Å². The first-order valence-corrected chi connectivity index (χ1v) is 8.42. The summed E-state index contributed by atoms with van der Waals surface area (Å²) in [6.45, 7) is 4.82. The third kappa shape index (κ3) is 3.88. The van der Waals surface area contributed by atoms with Crippen LogP contribution in [0.1, 0.15) is 22.8 Å². The number of nitrogens with zero attached hydrogens (tertiary/aromatic N) is 3. The summed E-state index contributed by atoms with van der Waals surface area (Å²) in [5.41, 5.74) is 4.63. The maximum absolute atomic E-state index is 12.2. The molecule has 3 N–H and O–H groups in total. The van der Waals surface area contributed by atoms with Crippen molar-refractivity contribution in [2.75, 3.05) is 13.2 Å². The molecular weight excluding hydrogens is 318 g/mol. The monoisotopic (exact) mass is 341 g/mol. The number of amides is 1. The summed E-state index contributed by atoms with van der Waals surface area (Å²) >= 11 is 0. The second kappa shape index (κ2) is 7.48. The second-order valence-corrected chi connectivity index (χ2v) is 6.07. The van der Waals surface area contributed by atoms with Gasteiger partial charge in [-0.05, 0) is 26.0 Å². The van der Waals surface area contributed by atoms with Crippen molar-refractivity contribution in [2.45, 2.75) is 33.2 Å². The number of aromatic nitrogens is 4. The van der Waals surface area contributed by atoms with Crippen molar-refractivity contribution in [3.8, 4) is 0 Å². The molecule has 1 aromatic carbocycles. The first kappa shape index (κ1) is 17.2. The van der Waals surface area contributed by atoms with Crippen LogP contribution in [0.4, 0.5) is 0 Å². The van der Waals surface area contributed by atoms with Gasteiger partial charge in [0.15, 0.2) is 0 Å². The Hall–Kier alpha value is -2.67. The van der Waals surface area contributed by atoms with Gasteiger partial charge >= 0.3 is 0 Å². The average Bonchev–Trinajstić information content (AvgIpc) is 3.11. The summed E-state index contributed by atoms with van der Waals surface area (Å²) in [5.74, 6) is 0.829. The zero-order chi connectivity index (χ0) is 17.8. The minimum atomic E-state index is -0.0362. The fraction of sp³-hybridized carbons (Fsp3) is 0.389. The van der Waals surface area contributed by atoms with E-state index in [4.69, 9.17) is 5.11 Å². The highest BCUT2D eigenvalue weighted by atomic mass is 16.3. The summed E-state index contributed by atoms with van der Waals surface area (Å²) < 4.78 is 1.74. The molecule has 2 heterocycles. The number of aliphatic hydroxyl groups is 1. The van der Waals surface area contributed by atoms with Gasteiger partial charge < -0.3 is 15.4 Å². The molecule has 0 spiro atoms. The van der Waals surface area contributed by atoms with Crippen LogP contribution >= 0.6 is 0 Å². The Morgan fingerprint density at radius 1 is 1.32 bits per heavy atom. The molecule has 0 saturated heterocycles. The summed E-state index contributed by atoms with van der Waals surface area (Å²) in [4.78, 5) is 20.0. The van der Waals surface area contributed by atoms with E-state index in [0.717, 1.165) is 33.8 Å². The van der Waals surface area contributed by atoms with E-state index in [9.17, 15) is 4.79 Å². The van der Waals surface area contributed by atoms with Crippen molar-refractivity contribution in [3.05, 3.63) is 47.0 Å². The molecule has 0 bridgehead atoms. The van der Waals surface area contributed by atoms with E-state index in [1.807, 2.05) is 38.1 Å². The molecule has 0 aliphatic carbocycles. The van der Waals surface area contributed by atoms with Crippen LogP contribution in [0, 0.1) is 13.8 Å². The molecule has 3 aromatic rings. The van der Waals surface area contributed by atoms with Crippen molar-refractivity contribution < 1.29 is 9.90 Å². The Morgan fingerprint density at radius 3 is 2.88 bits per heavy atom. The van der Waals surface area contributed by atoms with Crippen LogP contribution in [0.2, 0.25) is 0 Å². The van der Waals surface area contributed by atoms with Gasteiger partial charge in [-0.15, -0.1) is 0 Å². The number of benzene rings is 1. The number of imidazole rings is 1. The summed E-state index contributed by atoms with van der Waals surface area (Å²) in [6.07, 6.45) is 0.950. The first-order valence-electron chi connectivity index (χ1n) is 8.42. The van der Waals surface area contributed by atoms with Gasteiger partial charge in [0.05, 0.1) is 36.3 Å². The molecule has 0 unspecified atom stereocenters. The second-order valence-electron chi connectivity index (χ2n) is 6.07. The van der Waals surface area contributed by atoms with Gasteiger partial charge in [0, 0.05) is 24.2 Å². The van der Waals surface area contributed by atoms with E-state index in [2.05, 4.69) is 20.4 Å². The van der Waals surface area contributed by atoms with Crippen LogP contribution in [0.25, 0.3) is 11.0 Å². The van der Waals surface area contributed by atoms with E-state index in [1.54, 1.807) is 4.68 Å². The minimum absolute atomic E-state index is 0.0328. The van der Waals surface area contributed by atoms with Gasteiger partial charge in [0.1, 0.15) is 5.82 Å². The number of para-hydroxylation sites is 2. The minimum Gasteiger partial charge on any atom is -0.394 e. The molecule has 3 rings (SSSR count). The number of hydrogen-bond donors (Lipinski definition) is 3. The summed E-state index contributed by atoms with van der Waals surface area (Å²) in [6, 6.07) is 7.87.